The van der Waals surface area contributed by atoms with Gasteiger partial charge in [0, 0.05) is 25.6 Å². The fraction of sp³-hybridized carbons (Fsp3) is 0.562. The minimum Gasteiger partial charge on any atom is -0.352 e. The summed E-state index contributed by atoms with van der Waals surface area (Å²) in [6.07, 6.45) is 0. The van der Waals surface area contributed by atoms with Crippen molar-refractivity contribution in [1.29, 1.82) is 0 Å². The molecule has 1 rings (SSSR count). The molecule has 1 amide bonds. The number of amides is 1. The van der Waals surface area contributed by atoms with Crippen LogP contribution in [0.25, 0.3) is 0 Å². The van der Waals surface area contributed by atoms with Crippen molar-refractivity contribution in [2.75, 3.05) is 19.6 Å². The van der Waals surface area contributed by atoms with Crippen molar-refractivity contribution < 1.29 is 4.79 Å². The Balaban J connectivity index is 2.68. The number of rotatable bonds is 8. The smallest absolute Gasteiger partial charge is 0.224 e. The first-order valence-electron chi connectivity index (χ1n) is 7.39. The van der Waals surface area contributed by atoms with Crippen LogP contribution in [-0.2, 0) is 17.9 Å². The van der Waals surface area contributed by atoms with E-state index in [1.54, 1.807) is 0 Å². The number of nitrogens with two attached hydrogens (primary N) is 1. The zero-order valence-corrected chi connectivity index (χ0v) is 12.9. The number of hydrogen-bond donors (Lipinski definition) is 2. The van der Waals surface area contributed by atoms with Gasteiger partial charge in [0.1, 0.15) is 0 Å². The van der Waals surface area contributed by atoms with Crippen LogP contribution in [-0.4, -0.2) is 30.4 Å². The van der Waals surface area contributed by atoms with Gasteiger partial charge in [0.25, 0.3) is 0 Å². The van der Waals surface area contributed by atoms with Gasteiger partial charge in [0.2, 0.25) is 5.91 Å². The van der Waals surface area contributed by atoms with E-state index in [9.17, 15) is 4.79 Å². The van der Waals surface area contributed by atoms with Crippen molar-refractivity contribution in [1.82, 2.24) is 10.2 Å². The highest BCUT2D eigenvalue weighted by atomic mass is 16.1. The Hall–Kier alpha value is -1.39. The number of carbonyl (C=O) groups is 1. The lowest BCUT2D eigenvalue weighted by Gasteiger charge is -2.20. The first-order valence-corrected chi connectivity index (χ1v) is 7.39. The van der Waals surface area contributed by atoms with Crippen molar-refractivity contribution in [2.24, 2.45) is 11.7 Å². The maximum atomic E-state index is 11.8. The standard InChI is InChI=1S/C16H27N3O/c1-4-19(5-2)12-15-9-7-6-8-14(15)11-18-16(20)13(3)10-17/h6-9,13H,4-5,10-12,17H2,1-3H3,(H,18,20). The molecule has 0 saturated heterocycles. The first kappa shape index (κ1) is 16.7. The third-order valence-electron chi connectivity index (χ3n) is 3.66. The Labute approximate surface area is 122 Å². The van der Waals surface area contributed by atoms with Crippen LogP contribution in [0.15, 0.2) is 24.3 Å². The predicted octanol–water partition coefficient (Wildman–Crippen LogP) is 1.74. The van der Waals surface area contributed by atoms with Crippen LogP contribution in [0.5, 0.6) is 0 Å². The SMILES string of the molecule is CCN(CC)Cc1ccccc1CNC(=O)C(C)CN. The normalized spacial score (nSPS) is 12.4. The van der Waals surface area contributed by atoms with E-state index in [2.05, 4.69) is 36.2 Å². The molecule has 1 aromatic carbocycles. The predicted molar refractivity (Wildman–Crippen MR) is 83.1 cm³/mol. The molecule has 1 atom stereocenters. The summed E-state index contributed by atoms with van der Waals surface area (Å²) in [5.74, 6) is -0.116. The van der Waals surface area contributed by atoms with Crippen molar-refractivity contribution >= 4 is 5.91 Å². The molecular formula is C16H27N3O. The molecule has 112 valence electrons. The van der Waals surface area contributed by atoms with Gasteiger partial charge in [-0.25, -0.2) is 0 Å². The summed E-state index contributed by atoms with van der Waals surface area (Å²) in [6.45, 7) is 10.1. The lowest BCUT2D eigenvalue weighted by molar-refractivity contribution is -0.124. The highest BCUT2D eigenvalue weighted by molar-refractivity contribution is 5.78. The van der Waals surface area contributed by atoms with E-state index in [1.807, 2.05) is 19.1 Å². The second kappa shape index (κ2) is 8.72. The van der Waals surface area contributed by atoms with Crippen LogP contribution in [0.3, 0.4) is 0 Å². The van der Waals surface area contributed by atoms with Gasteiger partial charge in [0.15, 0.2) is 0 Å². The molecular weight excluding hydrogens is 250 g/mol. The molecule has 0 radical (unpaired) electrons. The van der Waals surface area contributed by atoms with E-state index < -0.39 is 0 Å². The van der Waals surface area contributed by atoms with Crippen LogP contribution >= 0.6 is 0 Å². The molecule has 1 aromatic rings. The monoisotopic (exact) mass is 277 g/mol. The van der Waals surface area contributed by atoms with Crippen molar-refractivity contribution in [2.45, 2.75) is 33.9 Å². The van der Waals surface area contributed by atoms with Crippen LogP contribution in [0.1, 0.15) is 31.9 Å². The average Bonchev–Trinajstić information content (AvgIpc) is 2.50. The van der Waals surface area contributed by atoms with E-state index in [0.717, 1.165) is 19.6 Å². The molecule has 4 nitrogen and oxygen atoms in total. The van der Waals surface area contributed by atoms with Crippen molar-refractivity contribution in [3.8, 4) is 0 Å². The molecule has 0 bridgehead atoms. The molecule has 0 spiro atoms. The average molecular weight is 277 g/mol. The number of benzene rings is 1. The summed E-state index contributed by atoms with van der Waals surface area (Å²) >= 11 is 0. The van der Waals surface area contributed by atoms with E-state index in [0.29, 0.717) is 13.1 Å². The van der Waals surface area contributed by atoms with Gasteiger partial charge in [-0.2, -0.15) is 0 Å². The Bertz CT molecular complexity index is 416. The minimum atomic E-state index is -0.134. The Kier molecular flexibility index (Phi) is 7.26. The number of nitrogens with zero attached hydrogens (tertiary/aromatic N) is 1. The first-order chi connectivity index (χ1) is 9.62. The second-order valence-electron chi connectivity index (χ2n) is 5.08. The fourth-order valence-electron chi connectivity index (χ4n) is 2.04. The Morgan fingerprint density at radius 1 is 1.25 bits per heavy atom. The fourth-order valence-corrected chi connectivity index (χ4v) is 2.04. The van der Waals surface area contributed by atoms with Crippen LogP contribution < -0.4 is 11.1 Å². The lowest BCUT2D eigenvalue weighted by atomic mass is 10.1. The molecule has 0 saturated carbocycles. The summed E-state index contributed by atoms with van der Waals surface area (Å²) in [4.78, 5) is 14.2. The maximum Gasteiger partial charge on any atom is 0.224 e. The lowest BCUT2D eigenvalue weighted by Crippen LogP contribution is -2.33. The summed E-state index contributed by atoms with van der Waals surface area (Å²) in [5, 5.41) is 2.96. The Morgan fingerprint density at radius 2 is 1.85 bits per heavy atom. The van der Waals surface area contributed by atoms with E-state index >= 15 is 0 Å². The van der Waals surface area contributed by atoms with Crippen LogP contribution in [0.2, 0.25) is 0 Å². The summed E-state index contributed by atoms with van der Waals surface area (Å²) in [5.41, 5.74) is 7.96. The topological polar surface area (TPSA) is 58.4 Å². The van der Waals surface area contributed by atoms with E-state index in [1.165, 1.54) is 11.1 Å². The minimum absolute atomic E-state index is 0.0187. The van der Waals surface area contributed by atoms with Crippen molar-refractivity contribution in [3.05, 3.63) is 35.4 Å². The molecule has 0 aliphatic carbocycles. The molecule has 0 aliphatic heterocycles. The largest absolute Gasteiger partial charge is 0.352 e. The van der Waals surface area contributed by atoms with Crippen LogP contribution in [0, 0.1) is 5.92 Å². The maximum absolute atomic E-state index is 11.8. The molecule has 4 heteroatoms. The van der Waals surface area contributed by atoms with Gasteiger partial charge in [-0.1, -0.05) is 45.0 Å². The summed E-state index contributed by atoms with van der Waals surface area (Å²) < 4.78 is 0. The highest BCUT2D eigenvalue weighted by Crippen LogP contribution is 2.12. The van der Waals surface area contributed by atoms with Gasteiger partial charge >= 0.3 is 0 Å². The van der Waals surface area contributed by atoms with Crippen molar-refractivity contribution in [3.63, 3.8) is 0 Å². The summed E-state index contributed by atoms with van der Waals surface area (Å²) in [7, 11) is 0. The highest BCUT2D eigenvalue weighted by Gasteiger charge is 2.11. The number of hydrogen-bond acceptors (Lipinski definition) is 3. The van der Waals surface area contributed by atoms with E-state index in [-0.39, 0.29) is 11.8 Å². The third-order valence-corrected chi connectivity index (χ3v) is 3.66. The van der Waals surface area contributed by atoms with Crippen LogP contribution in [0.4, 0.5) is 0 Å². The molecule has 0 fully saturated rings. The van der Waals surface area contributed by atoms with Gasteiger partial charge in [0.05, 0.1) is 0 Å². The quantitative estimate of drug-likeness (QED) is 0.761. The van der Waals surface area contributed by atoms with Gasteiger partial charge in [-0.05, 0) is 24.2 Å². The number of carbonyl (C=O) groups excluding carboxylic acids is 1. The molecule has 0 aliphatic rings. The molecule has 3 N–H and O–H groups in total. The Morgan fingerprint density at radius 3 is 2.40 bits per heavy atom. The zero-order valence-electron chi connectivity index (χ0n) is 12.9. The summed E-state index contributed by atoms with van der Waals surface area (Å²) in [6, 6.07) is 8.27. The molecule has 1 unspecified atom stereocenters. The number of nitrogens with one attached hydrogen (secondary N) is 1. The van der Waals surface area contributed by atoms with Gasteiger partial charge in [-0.15, -0.1) is 0 Å². The third kappa shape index (κ3) is 4.94. The zero-order chi connectivity index (χ0) is 15.0. The molecule has 0 aromatic heterocycles. The molecule has 0 heterocycles. The molecule has 20 heavy (non-hydrogen) atoms. The van der Waals surface area contributed by atoms with E-state index in [4.69, 9.17) is 5.73 Å². The van der Waals surface area contributed by atoms with Gasteiger partial charge in [-0.3, -0.25) is 9.69 Å². The second-order valence-corrected chi connectivity index (χ2v) is 5.08. The van der Waals surface area contributed by atoms with Gasteiger partial charge < -0.3 is 11.1 Å².